The second-order valence-corrected chi connectivity index (χ2v) is 8.95. The van der Waals surface area contributed by atoms with Crippen LogP contribution in [0.3, 0.4) is 0 Å². The number of benzene rings is 2. The van der Waals surface area contributed by atoms with Gasteiger partial charge in [-0.1, -0.05) is 35.9 Å². The number of sulfone groups is 1. The molecule has 8 heteroatoms. The van der Waals surface area contributed by atoms with E-state index < -0.39 is 21.5 Å². The fraction of sp³-hybridized carbons (Fsp3) is 0.111. The van der Waals surface area contributed by atoms with Gasteiger partial charge in [0.1, 0.15) is 5.75 Å². The molecular formula is C18H15ClN2O3S2. The summed E-state index contributed by atoms with van der Waals surface area (Å²) in [6, 6.07) is 13.6. The SMILES string of the molecule is Cc1cccc(S(=O)(=O)CC(=O)Nc2nc(-c3ccc(Cl)cc3)cs2)c1. The molecule has 3 rings (SSSR count). The fourth-order valence-electron chi connectivity index (χ4n) is 2.30. The monoisotopic (exact) mass is 406 g/mol. The molecule has 134 valence electrons. The van der Waals surface area contributed by atoms with Crippen LogP contribution < -0.4 is 5.32 Å². The number of anilines is 1. The zero-order valence-electron chi connectivity index (χ0n) is 13.8. The van der Waals surface area contributed by atoms with E-state index in [0.29, 0.717) is 15.8 Å². The first-order valence-electron chi connectivity index (χ1n) is 7.64. The number of hydrogen-bond donors (Lipinski definition) is 1. The summed E-state index contributed by atoms with van der Waals surface area (Å²) in [4.78, 5) is 16.6. The van der Waals surface area contributed by atoms with Gasteiger partial charge in [0, 0.05) is 16.0 Å². The second-order valence-electron chi connectivity index (χ2n) is 5.67. The van der Waals surface area contributed by atoms with Gasteiger partial charge in [-0.15, -0.1) is 11.3 Å². The van der Waals surface area contributed by atoms with Gasteiger partial charge in [0.15, 0.2) is 15.0 Å². The van der Waals surface area contributed by atoms with E-state index >= 15 is 0 Å². The maximum absolute atomic E-state index is 12.4. The van der Waals surface area contributed by atoms with Crippen LogP contribution in [0.4, 0.5) is 5.13 Å². The molecule has 0 bridgehead atoms. The molecule has 0 fully saturated rings. The average molecular weight is 407 g/mol. The summed E-state index contributed by atoms with van der Waals surface area (Å²) in [6.45, 7) is 1.80. The van der Waals surface area contributed by atoms with Crippen molar-refractivity contribution < 1.29 is 13.2 Å². The molecule has 0 aliphatic carbocycles. The third-order valence-corrected chi connectivity index (χ3v) is 6.18. The number of amides is 1. The highest BCUT2D eigenvalue weighted by molar-refractivity contribution is 7.92. The van der Waals surface area contributed by atoms with Gasteiger partial charge in [-0.3, -0.25) is 4.79 Å². The van der Waals surface area contributed by atoms with E-state index in [2.05, 4.69) is 10.3 Å². The van der Waals surface area contributed by atoms with Crippen LogP contribution in [0.25, 0.3) is 11.3 Å². The number of nitrogens with one attached hydrogen (secondary N) is 1. The zero-order valence-corrected chi connectivity index (χ0v) is 16.2. The molecule has 2 aromatic carbocycles. The molecule has 0 radical (unpaired) electrons. The third kappa shape index (κ3) is 4.49. The molecule has 0 unspecified atom stereocenters. The number of aryl methyl sites for hydroxylation is 1. The molecule has 1 N–H and O–H groups in total. The molecule has 26 heavy (non-hydrogen) atoms. The van der Waals surface area contributed by atoms with Gasteiger partial charge in [0.2, 0.25) is 5.91 Å². The summed E-state index contributed by atoms with van der Waals surface area (Å²) < 4.78 is 24.7. The van der Waals surface area contributed by atoms with E-state index in [-0.39, 0.29) is 4.90 Å². The first-order chi connectivity index (χ1) is 12.3. The van der Waals surface area contributed by atoms with E-state index in [4.69, 9.17) is 11.6 Å². The van der Waals surface area contributed by atoms with Gasteiger partial charge < -0.3 is 5.32 Å². The Hall–Kier alpha value is -2.22. The molecule has 0 saturated heterocycles. The van der Waals surface area contributed by atoms with Crippen LogP contribution >= 0.6 is 22.9 Å². The van der Waals surface area contributed by atoms with Crippen LogP contribution in [0.15, 0.2) is 58.8 Å². The Kier molecular flexibility index (Phi) is 5.41. The van der Waals surface area contributed by atoms with Crippen molar-refractivity contribution in [2.45, 2.75) is 11.8 Å². The van der Waals surface area contributed by atoms with Crippen LogP contribution in [0, 0.1) is 6.92 Å². The molecule has 0 aliphatic heterocycles. The van der Waals surface area contributed by atoms with Gasteiger partial charge in [0.25, 0.3) is 0 Å². The van der Waals surface area contributed by atoms with E-state index in [1.54, 1.807) is 42.6 Å². The van der Waals surface area contributed by atoms with Crippen molar-refractivity contribution in [2.24, 2.45) is 0 Å². The van der Waals surface area contributed by atoms with E-state index in [0.717, 1.165) is 11.1 Å². The number of nitrogens with zero attached hydrogens (tertiary/aromatic N) is 1. The van der Waals surface area contributed by atoms with Crippen molar-refractivity contribution in [3.8, 4) is 11.3 Å². The molecule has 5 nitrogen and oxygen atoms in total. The van der Waals surface area contributed by atoms with Gasteiger partial charge >= 0.3 is 0 Å². The van der Waals surface area contributed by atoms with Gasteiger partial charge in [0.05, 0.1) is 10.6 Å². The molecule has 1 heterocycles. The lowest BCUT2D eigenvalue weighted by atomic mass is 10.2. The Morgan fingerprint density at radius 2 is 1.92 bits per heavy atom. The van der Waals surface area contributed by atoms with E-state index in [1.807, 2.05) is 12.1 Å². The maximum atomic E-state index is 12.4. The lowest BCUT2D eigenvalue weighted by Crippen LogP contribution is -2.23. The number of rotatable bonds is 5. The Morgan fingerprint density at radius 3 is 2.62 bits per heavy atom. The van der Waals surface area contributed by atoms with Crippen LogP contribution in [0.2, 0.25) is 5.02 Å². The molecule has 0 atom stereocenters. The van der Waals surface area contributed by atoms with Crippen LogP contribution in [0.5, 0.6) is 0 Å². The Balaban J connectivity index is 1.70. The average Bonchev–Trinajstić information content (AvgIpc) is 3.03. The highest BCUT2D eigenvalue weighted by atomic mass is 35.5. The molecule has 1 amide bonds. The van der Waals surface area contributed by atoms with Crippen molar-refractivity contribution in [1.29, 1.82) is 0 Å². The number of aromatic nitrogens is 1. The Labute approximate surface area is 160 Å². The van der Waals surface area contributed by atoms with Gasteiger partial charge in [-0.05, 0) is 36.8 Å². The largest absolute Gasteiger partial charge is 0.301 e. The van der Waals surface area contributed by atoms with Crippen molar-refractivity contribution in [3.63, 3.8) is 0 Å². The predicted molar refractivity (Wildman–Crippen MR) is 104 cm³/mol. The molecule has 0 spiro atoms. The Bertz CT molecular complexity index is 1040. The summed E-state index contributed by atoms with van der Waals surface area (Å²) in [7, 11) is -3.70. The predicted octanol–water partition coefficient (Wildman–Crippen LogP) is 4.18. The standard InChI is InChI=1S/C18H15ClN2O3S2/c1-12-3-2-4-15(9-12)26(23,24)11-17(22)21-18-20-16(10-25-18)13-5-7-14(19)8-6-13/h2-10H,11H2,1H3,(H,20,21,22). The minimum atomic E-state index is -3.70. The number of thiazole rings is 1. The molecule has 0 saturated carbocycles. The highest BCUT2D eigenvalue weighted by Crippen LogP contribution is 2.26. The normalized spacial score (nSPS) is 11.3. The summed E-state index contributed by atoms with van der Waals surface area (Å²) in [6.07, 6.45) is 0. The lowest BCUT2D eigenvalue weighted by Gasteiger charge is -2.05. The number of halogens is 1. The van der Waals surface area contributed by atoms with Crippen LogP contribution in [-0.4, -0.2) is 25.1 Å². The van der Waals surface area contributed by atoms with Gasteiger partial charge in [-0.25, -0.2) is 13.4 Å². The summed E-state index contributed by atoms with van der Waals surface area (Å²) >= 11 is 7.09. The van der Waals surface area contributed by atoms with Crippen molar-refractivity contribution in [2.75, 3.05) is 11.1 Å². The summed E-state index contributed by atoms with van der Waals surface area (Å²) in [5.74, 6) is -1.25. The minimum Gasteiger partial charge on any atom is -0.301 e. The number of carbonyl (C=O) groups excluding carboxylic acids is 1. The molecular weight excluding hydrogens is 392 g/mol. The highest BCUT2D eigenvalue weighted by Gasteiger charge is 2.20. The second kappa shape index (κ2) is 7.57. The zero-order chi connectivity index (χ0) is 18.7. The molecule has 0 aliphatic rings. The van der Waals surface area contributed by atoms with E-state index in [1.165, 1.54) is 17.4 Å². The molecule has 1 aromatic heterocycles. The van der Waals surface area contributed by atoms with Crippen LogP contribution in [-0.2, 0) is 14.6 Å². The topological polar surface area (TPSA) is 76.1 Å². The Morgan fingerprint density at radius 1 is 1.19 bits per heavy atom. The minimum absolute atomic E-state index is 0.133. The first kappa shape index (κ1) is 18.6. The van der Waals surface area contributed by atoms with Gasteiger partial charge in [-0.2, -0.15) is 0 Å². The van der Waals surface area contributed by atoms with Crippen molar-refractivity contribution in [1.82, 2.24) is 4.98 Å². The first-order valence-corrected chi connectivity index (χ1v) is 10.6. The van der Waals surface area contributed by atoms with E-state index in [9.17, 15) is 13.2 Å². The summed E-state index contributed by atoms with van der Waals surface area (Å²) in [5, 5.41) is 5.30. The summed E-state index contributed by atoms with van der Waals surface area (Å²) in [5.41, 5.74) is 2.36. The number of carbonyl (C=O) groups is 1. The lowest BCUT2D eigenvalue weighted by molar-refractivity contribution is -0.113. The van der Waals surface area contributed by atoms with Crippen LogP contribution in [0.1, 0.15) is 5.56 Å². The van der Waals surface area contributed by atoms with Crippen molar-refractivity contribution in [3.05, 3.63) is 64.5 Å². The van der Waals surface area contributed by atoms with Crippen molar-refractivity contribution >= 4 is 43.8 Å². The quantitative estimate of drug-likeness (QED) is 0.689. The number of hydrogen-bond acceptors (Lipinski definition) is 5. The third-order valence-electron chi connectivity index (χ3n) is 3.56. The smallest absolute Gasteiger partial charge is 0.241 e. The molecule has 3 aromatic rings. The fourth-order valence-corrected chi connectivity index (χ4v) is 4.40. The maximum Gasteiger partial charge on any atom is 0.241 e.